The summed E-state index contributed by atoms with van der Waals surface area (Å²) in [5.41, 5.74) is 1.72. The average molecular weight is 348 g/mol. The van der Waals surface area contributed by atoms with Gasteiger partial charge >= 0.3 is 0 Å². The highest BCUT2D eigenvalue weighted by atomic mass is 16.5. The normalized spacial score (nSPS) is 10.4. The van der Waals surface area contributed by atoms with Crippen LogP contribution < -0.4 is 15.4 Å². The van der Waals surface area contributed by atoms with Gasteiger partial charge in [0, 0.05) is 5.69 Å². The maximum absolute atomic E-state index is 12.4. The second-order valence-electron chi connectivity index (χ2n) is 5.89. The van der Waals surface area contributed by atoms with Gasteiger partial charge in [-0.25, -0.2) is 9.97 Å². The van der Waals surface area contributed by atoms with Gasteiger partial charge < -0.3 is 15.4 Å². The van der Waals surface area contributed by atoms with Crippen LogP contribution in [0.5, 0.6) is 5.75 Å². The first-order chi connectivity index (χ1) is 12.6. The van der Waals surface area contributed by atoms with Crippen LogP contribution in [-0.2, 0) is 0 Å². The molecular weight excluding hydrogens is 328 g/mol. The number of aromatic nitrogens is 2. The van der Waals surface area contributed by atoms with Crippen molar-refractivity contribution in [3.8, 4) is 5.75 Å². The maximum atomic E-state index is 12.4. The molecule has 132 valence electrons. The molecule has 1 heterocycles. The first-order valence-electron chi connectivity index (χ1n) is 8.33. The molecule has 0 unspecified atom stereocenters. The fourth-order valence-electron chi connectivity index (χ4n) is 2.29. The first kappa shape index (κ1) is 17.4. The molecule has 2 N–H and O–H groups in total. The average Bonchev–Trinajstić information content (AvgIpc) is 2.64. The smallest absolute Gasteiger partial charge is 0.275 e. The summed E-state index contributed by atoms with van der Waals surface area (Å²) in [7, 11) is 0. The van der Waals surface area contributed by atoms with Gasteiger partial charge in [0.05, 0.1) is 24.2 Å². The van der Waals surface area contributed by atoms with Crippen LogP contribution in [0.25, 0.3) is 0 Å². The summed E-state index contributed by atoms with van der Waals surface area (Å²) in [6.07, 6.45) is 2.97. The summed E-state index contributed by atoms with van der Waals surface area (Å²) in [5, 5.41) is 5.94. The van der Waals surface area contributed by atoms with Crippen LogP contribution >= 0.6 is 0 Å². The standard InChI is InChI=1S/C20H20N4O2/c1-14(2)26-18-11-7-6-10-16(18)24-20(25)17-12-22-19(13-21-17)23-15-8-4-3-5-9-15/h3-14H,1-2H3,(H,22,23)(H,24,25). The van der Waals surface area contributed by atoms with E-state index in [9.17, 15) is 4.79 Å². The van der Waals surface area contributed by atoms with Gasteiger partial charge in [-0.05, 0) is 38.1 Å². The fraction of sp³-hybridized carbons (Fsp3) is 0.150. The van der Waals surface area contributed by atoms with Gasteiger partial charge in [-0.3, -0.25) is 4.79 Å². The minimum Gasteiger partial charge on any atom is -0.489 e. The zero-order chi connectivity index (χ0) is 18.4. The Bertz CT molecular complexity index is 864. The van der Waals surface area contributed by atoms with Crippen molar-refractivity contribution in [2.24, 2.45) is 0 Å². The zero-order valence-corrected chi connectivity index (χ0v) is 14.6. The van der Waals surface area contributed by atoms with Gasteiger partial charge in [-0.1, -0.05) is 30.3 Å². The highest BCUT2D eigenvalue weighted by Crippen LogP contribution is 2.25. The van der Waals surface area contributed by atoms with E-state index in [1.165, 1.54) is 12.4 Å². The summed E-state index contributed by atoms with van der Waals surface area (Å²) in [4.78, 5) is 20.9. The number of amides is 1. The van der Waals surface area contributed by atoms with E-state index in [4.69, 9.17) is 4.74 Å². The molecule has 2 aromatic carbocycles. The number of rotatable bonds is 6. The Hall–Kier alpha value is -3.41. The first-order valence-corrected chi connectivity index (χ1v) is 8.33. The third-order valence-corrected chi connectivity index (χ3v) is 3.43. The van der Waals surface area contributed by atoms with Crippen molar-refractivity contribution in [1.82, 2.24) is 9.97 Å². The van der Waals surface area contributed by atoms with Gasteiger partial charge in [0.1, 0.15) is 17.3 Å². The molecule has 0 bridgehead atoms. The van der Waals surface area contributed by atoms with E-state index >= 15 is 0 Å². The fourth-order valence-corrected chi connectivity index (χ4v) is 2.29. The molecule has 0 radical (unpaired) electrons. The predicted molar refractivity (Wildman–Crippen MR) is 102 cm³/mol. The van der Waals surface area contributed by atoms with Gasteiger partial charge in [0.2, 0.25) is 0 Å². The molecule has 1 aromatic heterocycles. The molecule has 26 heavy (non-hydrogen) atoms. The molecule has 0 spiro atoms. The van der Waals surface area contributed by atoms with Crippen molar-refractivity contribution >= 4 is 23.1 Å². The van der Waals surface area contributed by atoms with E-state index < -0.39 is 0 Å². The Kier molecular flexibility index (Phi) is 5.43. The van der Waals surface area contributed by atoms with E-state index in [1.54, 1.807) is 6.07 Å². The molecule has 0 aliphatic carbocycles. The zero-order valence-electron chi connectivity index (χ0n) is 14.6. The molecule has 0 fully saturated rings. The second kappa shape index (κ2) is 8.11. The number of hydrogen-bond acceptors (Lipinski definition) is 5. The van der Waals surface area contributed by atoms with Gasteiger partial charge in [0.15, 0.2) is 0 Å². The molecular formula is C20H20N4O2. The van der Waals surface area contributed by atoms with Gasteiger partial charge in [-0.2, -0.15) is 0 Å². The molecule has 0 aliphatic heterocycles. The highest BCUT2D eigenvalue weighted by molar-refractivity contribution is 6.03. The van der Waals surface area contributed by atoms with Crippen LogP contribution in [0.3, 0.4) is 0 Å². The maximum Gasteiger partial charge on any atom is 0.275 e. The minimum atomic E-state index is -0.344. The number of carbonyl (C=O) groups excluding carboxylic acids is 1. The summed E-state index contributed by atoms with van der Waals surface area (Å²) in [6.45, 7) is 3.87. The van der Waals surface area contributed by atoms with Crippen molar-refractivity contribution in [1.29, 1.82) is 0 Å². The Labute approximate surface area is 152 Å². The molecule has 0 aliphatic rings. The third-order valence-electron chi connectivity index (χ3n) is 3.43. The molecule has 1 amide bonds. The molecule has 3 rings (SSSR count). The Morgan fingerprint density at radius 1 is 0.962 bits per heavy atom. The molecule has 0 atom stereocenters. The van der Waals surface area contributed by atoms with Gasteiger partial charge in [0.25, 0.3) is 5.91 Å². The predicted octanol–water partition coefficient (Wildman–Crippen LogP) is 4.26. The van der Waals surface area contributed by atoms with E-state index in [1.807, 2.05) is 62.4 Å². The number of hydrogen-bond donors (Lipinski definition) is 2. The topological polar surface area (TPSA) is 76.1 Å². The van der Waals surface area contributed by atoms with E-state index in [0.717, 1.165) is 5.69 Å². The summed E-state index contributed by atoms with van der Waals surface area (Å²) >= 11 is 0. The van der Waals surface area contributed by atoms with Crippen molar-refractivity contribution in [3.63, 3.8) is 0 Å². The van der Waals surface area contributed by atoms with Crippen LogP contribution in [0.15, 0.2) is 67.0 Å². The molecule has 6 nitrogen and oxygen atoms in total. The van der Waals surface area contributed by atoms with E-state index in [2.05, 4.69) is 20.6 Å². The third kappa shape index (κ3) is 4.57. The number of nitrogens with one attached hydrogen (secondary N) is 2. The molecule has 3 aromatic rings. The summed E-state index contributed by atoms with van der Waals surface area (Å²) < 4.78 is 5.71. The van der Waals surface area contributed by atoms with Gasteiger partial charge in [-0.15, -0.1) is 0 Å². The van der Waals surface area contributed by atoms with Crippen molar-refractivity contribution in [2.75, 3.05) is 10.6 Å². The molecule has 6 heteroatoms. The van der Waals surface area contributed by atoms with Crippen LogP contribution in [-0.4, -0.2) is 22.0 Å². The monoisotopic (exact) mass is 348 g/mol. The lowest BCUT2D eigenvalue weighted by Gasteiger charge is -2.14. The molecule has 0 saturated heterocycles. The van der Waals surface area contributed by atoms with Crippen molar-refractivity contribution in [2.45, 2.75) is 20.0 Å². The summed E-state index contributed by atoms with van der Waals surface area (Å²) in [6, 6.07) is 16.9. The number of ether oxygens (including phenoxy) is 1. The number of para-hydroxylation sites is 3. The number of benzene rings is 2. The lowest BCUT2D eigenvalue weighted by atomic mass is 10.2. The summed E-state index contributed by atoms with van der Waals surface area (Å²) in [5.74, 6) is 0.839. The number of carbonyl (C=O) groups is 1. The number of nitrogens with zero attached hydrogens (tertiary/aromatic N) is 2. The number of anilines is 3. The SMILES string of the molecule is CC(C)Oc1ccccc1NC(=O)c1cnc(Nc2ccccc2)cn1. The highest BCUT2D eigenvalue weighted by Gasteiger charge is 2.12. The van der Waals surface area contributed by atoms with Crippen LogP contribution in [0.2, 0.25) is 0 Å². The largest absolute Gasteiger partial charge is 0.489 e. The second-order valence-corrected chi connectivity index (χ2v) is 5.89. The quantitative estimate of drug-likeness (QED) is 0.696. The van der Waals surface area contributed by atoms with E-state index in [0.29, 0.717) is 17.3 Å². The van der Waals surface area contributed by atoms with Crippen molar-refractivity contribution in [3.05, 3.63) is 72.7 Å². The van der Waals surface area contributed by atoms with Crippen LogP contribution in [0, 0.1) is 0 Å². The minimum absolute atomic E-state index is 0.0104. The van der Waals surface area contributed by atoms with Crippen LogP contribution in [0.1, 0.15) is 24.3 Å². The van der Waals surface area contributed by atoms with E-state index in [-0.39, 0.29) is 17.7 Å². The van der Waals surface area contributed by atoms with Crippen molar-refractivity contribution < 1.29 is 9.53 Å². The Morgan fingerprint density at radius 3 is 2.38 bits per heavy atom. The Morgan fingerprint density at radius 2 is 1.69 bits per heavy atom. The lowest BCUT2D eigenvalue weighted by Crippen LogP contribution is -2.16. The lowest BCUT2D eigenvalue weighted by molar-refractivity contribution is 0.102. The Balaban J connectivity index is 1.69. The van der Waals surface area contributed by atoms with Crippen LogP contribution in [0.4, 0.5) is 17.2 Å². The molecule has 0 saturated carbocycles.